The summed E-state index contributed by atoms with van der Waals surface area (Å²) in [6.07, 6.45) is 8.24. The Bertz CT molecular complexity index is 373. The lowest BCUT2D eigenvalue weighted by molar-refractivity contribution is 0.461. The van der Waals surface area contributed by atoms with Crippen LogP contribution in [0.25, 0.3) is 0 Å². The first kappa shape index (κ1) is 11.7. The molecule has 0 atom stereocenters. The van der Waals surface area contributed by atoms with Crippen LogP contribution >= 0.6 is 15.9 Å². The second kappa shape index (κ2) is 5.04. The van der Waals surface area contributed by atoms with E-state index in [1.165, 1.54) is 32.1 Å². The number of nitrogens with two attached hydrogens (primary N) is 1. The third-order valence-electron chi connectivity index (χ3n) is 3.25. The molecular weight excluding hydrogens is 266 g/mol. The van der Waals surface area contributed by atoms with E-state index in [-0.39, 0.29) is 0 Å². The van der Waals surface area contributed by atoms with Gasteiger partial charge in [-0.2, -0.15) is 0 Å². The fourth-order valence-corrected chi connectivity index (χ4v) is 2.58. The van der Waals surface area contributed by atoms with E-state index in [4.69, 9.17) is 5.73 Å². The number of aromatic nitrogens is 1. The molecule has 2 rings (SSSR count). The third kappa shape index (κ3) is 2.48. The van der Waals surface area contributed by atoms with E-state index >= 15 is 0 Å². The topological polar surface area (TPSA) is 50.9 Å². The zero-order valence-electron chi connectivity index (χ0n) is 9.59. The molecule has 0 spiro atoms. The number of nitrogen functional groups attached to an aromatic ring is 1. The van der Waals surface area contributed by atoms with Crippen molar-refractivity contribution in [2.75, 3.05) is 11.1 Å². The Morgan fingerprint density at radius 3 is 2.75 bits per heavy atom. The van der Waals surface area contributed by atoms with Crippen molar-refractivity contribution < 1.29 is 0 Å². The number of nitrogens with zero attached hydrogens (tertiary/aromatic N) is 1. The Labute approximate surface area is 105 Å². The summed E-state index contributed by atoms with van der Waals surface area (Å²) in [6, 6.07) is 0.570. The fraction of sp³-hybridized carbons (Fsp3) is 0.583. The lowest BCUT2D eigenvalue weighted by atomic mass is 9.95. The monoisotopic (exact) mass is 283 g/mol. The summed E-state index contributed by atoms with van der Waals surface area (Å²) in [6.45, 7) is 2.01. The molecule has 0 saturated heterocycles. The van der Waals surface area contributed by atoms with Gasteiger partial charge in [-0.25, -0.2) is 4.98 Å². The molecule has 3 nitrogen and oxygen atoms in total. The van der Waals surface area contributed by atoms with E-state index in [0.29, 0.717) is 6.04 Å². The molecule has 1 saturated carbocycles. The smallest absolute Gasteiger partial charge is 0.140 e. The van der Waals surface area contributed by atoms with Gasteiger partial charge in [0, 0.05) is 6.04 Å². The number of hydrogen-bond acceptors (Lipinski definition) is 3. The van der Waals surface area contributed by atoms with Crippen LogP contribution in [0.2, 0.25) is 0 Å². The molecule has 0 aromatic carbocycles. The van der Waals surface area contributed by atoms with Gasteiger partial charge in [0.15, 0.2) is 0 Å². The van der Waals surface area contributed by atoms with Crippen LogP contribution in [0.3, 0.4) is 0 Å². The summed E-state index contributed by atoms with van der Waals surface area (Å²) < 4.78 is 0.998. The highest BCUT2D eigenvalue weighted by atomic mass is 79.9. The first-order valence-electron chi connectivity index (χ1n) is 5.85. The second-order valence-electron chi connectivity index (χ2n) is 4.48. The van der Waals surface area contributed by atoms with E-state index in [2.05, 4.69) is 26.2 Å². The van der Waals surface area contributed by atoms with Crippen molar-refractivity contribution in [3.05, 3.63) is 16.2 Å². The molecule has 1 heterocycles. The Hall–Kier alpha value is -0.770. The molecule has 4 heteroatoms. The Morgan fingerprint density at radius 2 is 2.06 bits per heavy atom. The van der Waals surface area contributed by atoms with Crippen LogP contribution in [0, 0.1) is 6.92 Å². The quantitative estimate of drug-likeness (QED) is 0.874. The summed E-state index contributed by atoms with van der Waals surface area (Å²) >= 11 is 3.55. The maximum atomic E-state index is 5.80. The molecular formula is C12H18BrN3. The molecule has 1 aromatic rings. The average Bonchev–Trinajstić information content (AvgIpc) is 2.31. The fourth-order valence-electron chi connectivity index (χ4n) is 2.13. The van der Waals surface area contributed by atoms with Crippen molar-refractivity contribution in [1.82, 2.24) is 4.98 Å². The molecule has 1 aromatic heterocycles. The molecule has 88 valence electrons. The summed E-state index contributed by atoms with van der Waals surface area (Å²) in [5, 5.41) is 3.50. The molecule has 0 amide bonds. The van der Waals surface area contributed by atoms with Crippen LogP contribution < -0.4 is 11.1 Å². The standard InChI is InChI=1S/C12H18BrN3/c1-8-10(14)7-15-12(11(8)13)16-9-5-3-2-4-6-9/h7,9H,2-6,14H2,1H3,(H,15,16). The lowest BCUT2D eigenvalue weighted by Crippen LogP contribution is -2.23. The first-order chi connectivity index (χ1) is 7.68. The van der Waals surface area contributed by atoms with E-state index in [9.17, 15) is 0 Å². The minimum Gasteiger partial charge on any atom is -0.397 e. The SMILES string of the molecule is Cc1c(N)cnc(NC2CCCCC2)c1Br. The molecule has 0 unspecified atom stereocenters. The molecule has 3 N–H and O–H groups in total. The average molecular weight is 284 g/mol. The molecule has 0 radical (unpaired) electrons. The zero-order chi connectivity index (χ0) is 11.5. The minimum absolute atomic E-state index is 0.570. The van der Waals surface area contributed by atoms with Gasteiger partial charge in [0.05, 0.1) is 16.4 Å². The first-order valence-corrected chi connectivity index (χ1v) is 6.65. The number of nitrogens with one attached hydrogen (secondary N) is 1. The summed E-state index contributed by atoms with van der Waals surface area (Å²) in [5.41, 5.74) is 7.60. The summed E-state index contributed by atoms with van der Waals surface area (Å²) in [4.78, 5) is 4.35. The van der Waals surface area contributed by atoms with Gasteiger partial charge in [0.25, 0.3) is 0 Å². The molecule has 0 aliphatic heterocycles. The molecule has 1 aliphatic rings. The number of rotatable bonds is 2. The zero-order valence-corrected chi connectivity index (χ0v) is 11.2. The van der Waals surface area contributed by atoms with E-state index < -0.39 is 0 Å². The van der Waals surface area contributed by atoms with Crippen LogP contribution in [0.1, 0.15) is 37.7 Å². The third-order valence-corrected chi connectivity index (χ3v) is 4.22. The van der Waals surface area contributed by atoms with Gasteiger partial charge >= 0.3 is 0 Å². The lowest BCUT2D eigenvalue weighted by Gasteiger charge is -2.24. The number of hydrogen-bond donors (Lipinski definition) is 2. The van der Waals surface area contributed by atoms with Crippen molar-refractivity contribution in [2.24, 2.45) is 0 Å². The molecule has 0 bridgehead atoms. The van der Waals surface area contributed by atoms with Crippen LogP contribution in [0.4, 0.5) is 11.5 Å². The molecule has 1 fully saturated rings. The van der Waals surface area contributed by atoms with E-state index in [1.54, 1.807) is 6.20 Å². The highest BCUT2D eigenvalue weighted by molar-refractivity contribution is 9.10. The predicted octanol–water partition coefficient (Wildman–Crippen LogP) is 3.48. The van der Waals surface area contributed by atoms with Crippen molar-refractivity contribution in [2.45, 2.75) is 45.1 Å². The minimum atomic E-state index is 0.570. The Balaban J connectivity index is 2.11. The van der Waals surface area contributed by atoms with Crippen molar-refractivity contribution in [3.8, 4) is 0 Å². The number of anilines is 2. The van der Waals surface area contributed by atoms with Gasteiger partial charge in [-0.3, -0.25) is 0 Å². The van der Waals surface area contributed by atoms with Crippen molar-refractivity contribution >= 4 is 27.4 Å². The predicted molar refractivity (Wildman–Crippen MR) is 71.6 cm³/mol. The highest BCUT2D eigenvalue weighted by Crippen LogP contribution is 2.30. The van der Waals surface area contributed by atoms with E-state index in [0.717, 1.165) is 21.5 Å². The van der Waals surface area contributed by atoms with Gasteiger partial charge in [-0.05, 0) is 41.3 Å². The van der Waals surface area contributed by atoms with Crippen LogP contribution in [0.15, 0.2) is 10.7 Å². The largest absolute Gasteiger partial charge is 0.397 e. The van der Waals surface area contributed by atoms with Gasteiger partial charge in [-0.1, -0.05) is 19.3 Å². The molecule has 16 heavy (non-hydrogen) atoms. The summed E-state index contributed by atoms with van der Waals surface area (Å²) in [7, 11) is 0. The maximum absolute atomic E-state index is 5.80. The van der Waals surface area contributed by atoms with Crippen LogP contribution in [0.5, 0.6) is 0 Å². The normalized spacial score (nSPS) is 17.4. The van der Waals surface area contributed by atoms with Crippen molar-refractivity contribution in [1.29, 1.82) is 0 Å². The Morgan fingerprint density at radius 1 is 1.38 bits per heavy atom. The maximum Gasteiger partial charge on any atom is 0.140 e. The van der Waals surface area contributed by atoms with Gasteiger partial charge in [-0.15, -0.1) is 0 Å². The number of halogens is 1. The van der Waals surface area contributed by atoms with Crippen molar-refractivity contribution in [3.63, 3.8) is 0 Å². The Kier molecular flexibility index (Phi) is 3.69. The van der Waals surface area contributed by atoms with Gasteiger partial charge in [0.1, 0.15) is 5.82 Å². The van der Waals surface area contributed by atoms with Crippen LogP contribution in [-0.2, 0) is 0 Å². The van der Waals surface area contributed by atoms with Crippen LogP contribution in [-0.4, -0.2) is 11.0 Å². The van der Waals surface area contributed by atoms with Gasteiger partial charge < -0.3 is 11.1 Å². The second-order valence-corrected chi connectivity index (χ2v) is 5.27. The van der Waals surface area contributed by atoms with Gasteiger partial charge in [0.2, 0.25) is 0 Å². The molecule has 1 aliphatic carbocycles. The van der Waals surface area contributed by atoms with E-state index in [1.807, 2.05) is 6.92 Å². The number of pyridine rings is 1. The highest BCUT2D eigenvalue weighted by Gasteiger charge is 2.15. The summed E-state index contributed by atoms with van der Waals surface area (Å²) in [5.74, 6) is 0.929.